The quantitative estimate of drug-likeness (QED) is 0.572. The molecule has 2 atom stereocenters. The number of aliphatic hydroxyl groups is 1. The van der Waals surface area contributed by atoms with E-state index in [2.05, 4.69) is 26.1 Å². The molecular weight excluding hydrogens is 126 g/mol. The van der Waals surface area contributed by atoms with Gasteiger partial charge in [-0.1, -0.05) is 27.7 Å². The molecule has 0 fully saturated rings. The Labute approximate surface area is 63.6 Å². The summed E-state index contributed by atoms with van der Waals surface area (Å²) in [6.45, 7) is 8.41. The molecule has 2 nitrogen and oxygen atoms in total. The Hall–Kier alpha value is -0.0800. The zero-order valence-electron chi connectivity index (χ0n) is 7.60. The largest absolute Gasteiger partial charge is 0.378 e. The smallest absolute Gasteiger partial charge is 0.107 e. The van der Waals surface area contributed by atoms with Crippen LogP contribution in [-0.4, -0.2) is 18.4 Å². The monoisotopic (exact) mass is 145 g/mol. The van der Waals surface area contributed by atoms with Crippen LogP contribution in [0.15, 0.2) is 0 Å². The van der Waals surface area contributed by atoms with Gasteiger partial charge in [0.05, 0.1) is 0 Å². The van der Waals surface area contributed by atoms with Crippen molar-refractivity contribution in [2.24, 2.45) is 11.3 Å². The van der Waals surface area contributed by atoms with Gasteiger partial charge >= 0.3 is 0 Å². The normalized spacial score (nSPS) is 18.6. The molecule has 0 aromatic heterocycles. The summed E-state index contributed by atoms with van der Waals surface area (Å²) in [6, 6.07) is 0. The van der Waals surface area contributed by atoms with Crippen LogP contribution in [0.5, 0.6) is 0 Å². The van der Waals surface area contributed by atoms with Crippen molar-refractivity contribution < 1.29 is 5.11 Å². The van der Waals surface area contributed by atoms with Gasteiger partial charge in [0.15, 0.2) is 0 Å². The van der Waals surface area contributed by atoms with E-state index in [9.17, 15) is 5.11 Å². The summed E-state index contributed by atoms with van der Waals surface area (Å²) < 4.78 is 0. The lowest BCUT2D eigenvalue weighted by Gasteiger charge is -2.30. The highest BCUT2D eigenvalue weighted by Crippen LogP contribution is 2.26. The molecule has 0 aliphatic carbocycles. The lowest BCUT2D eigenvalue weighted by Crippen LogP contribution is -2.38. The van der Waals surface area contributed by atoms with E-state index in [0.29, 0.717) is 0 Å². The molecule has 0 saturated heterocycles. The van der Waals surface area contributed by atoms with E-state index in [1.807, 2.05) is 6.92 Å². The summed E-state index contributed by atoms with van der Waals surface area (Å²) in [4.78, 5) is 0. The molecule has 0 rings (SSSR count). The average Bonchev–Trinajstić information content (AvgIpc) is 1.83. The highest BCUT2D eigenvalue weighted by Gasteiger charge is 2.25. The first-order chi connectivity index (χ1) is 4.39. The van der Waals surface area contributed by atoms with Crippen LogP contribution in [0.2, 0.25) is 0 Å². The van der Waals surface area contributed by atoms with Crippen LogP contribution in [0.1, 0.15) is 27.7 Å². The second kappa shape index (κ2) is 3.35. The van der Waals surface area contributed by atoms with Gasteiger partial charge in [-0.25, -0.2) is 0 Å². The van der Waals surface area contributed by atoms with Crippen LogP contribution in [0.4, 0.5) is 0 Å². The number of aliphatic hydroxyl groups excluding tert-OH is 1. The molecule has 0 spiro atoms. The van der Waals surface area contributed by atoms with Crippen LogP contribution < -0.4 is 5.32 Å². The van der Waals surface area contributed by atoms with E-state index in [4.69, 9.17) is 0 Å². The number of hydrogen-bond donors (Lipinski definition) is 2. The second-order valence-electron chi connectivity index (χ2n) is 3.89. The van der Waals surface area contributed by atoms with Gasteiger partial charge in [-0.05, 0) is 12.5 Å². The Morgan fingerprint density at radius 2 is 1.70 bits per heavy atom. The Morgan fingerprint density at radius 3 is 1.80 bits per heavy atom. The van der Waals surface area contributed by atoms with Crippen molar-refractivity contribution in [2.75, 3.05) is 7.05 Å². The fraction of sp³-hybridized carbons (Fsp3) is 1.00. The van der Waals surface area contributed by atoms with Crippen molar-refractivity contribution in [3.8, 4) is 0 Å². The Balaban J connectivity index is 3.94. The minimum absolute atomic E-state index is 0.169. The average molecular weight is 145 g/mol. The highest BCUT2D eigenvalue weighted by atomic mass is 16.3. The summed E-state index contributed by atoms with van der Waals surface area (Å²) in [7, 11) is 1.77. The van der Waals surface area contributed by atoms with Crippen molar-refractivity contribution in [1.82, 2.24) is 5.32 Å². The first-order valence-corrected chi connectivity index (χ1v) is 3.75. The van der Waals surface area contributed by atoms with Crippen molar-refractivity contribution >= 4 is 0 Å². The van der Waals surface area contributed by atoms with Gasteiger partial charge in [-0.15, -0.1) is 0 Å². The number of rotatable bonds is 2. The van der Waals surface area contributed by atoms with Gasteiger partial charge in [0.1, 0.15) is 6.23 Å². The van der Waals surface area contributed by atoms with Gasteiger partial charge in [0, 0.05) is 5.92 Å². The van der Waals surface area contributed by atoms with Crippen LogP contribution in [0, 0.1) is 11.3 Å². The van der Waals surface area contributed by atoms with Crippen molar-refractivity contribution in [2.45, 2.75) is 33.9 Å². The van der Waals surface area contributed by atoms with E-state index in [-0.39, 0.29) is 17.6 Å². The van der Waals surface area contributed by atoms with E-state index < -0.39 is 0 Å². The maximum Gasteiger partial charge on any atom is 0.107 e. The Kier molecular flexibility index (Phi) is 3.33. The summed E-state index contributed by atoms with van der Waals surface area (Å²) >= 11 is 0. The lowest BCUT2D eigenvalue weighted by atomic mass is 9.81. The molecule has 0 aromatic carbocycles. The van der Waals surface area contributed by atoms with Gasteiger partial charge in [-0.3, -0.25) is 5.32 Å². The number of nitrogens with one attached hydrogen (secondary N) is 1. The predicted octanol–water partition coefficient (Wildman–Crippen LogP) is 1.21. The minimum Gasteiger partial charge on any atom is -0.378 e. The molecule has 0 unspecified atom stereocenters. The zero-order valence-corrected chi connectivity index (χ0v) is 7.60. The van der Waals surface area contributed by atoms with Crippen molar-refractivity contribution in [3.63, 3.8) is 0 Å². The number of hydrogen-bond acceptors (Lipinski definition) is 2. The summed E-state index contributed by atoms with van der Waals surface area (Å²) in [5.41, 5.74) is 0.169. The van der Waals surface area contributed by atoms with Crippen LogP contribution in [0.25, 0.3) is 0 Å². The molecule has 0 saturated carbocycles. The molecule has 0 radical (unpaired) electrons. The first kappa shape index (κ1) is 9.92. The molecular formula is C8H19NO. The summed E-state index contributed by atoms with van der Waals surface area (Å²) in [5, 5.41) is 12.2. The van der Waals surface area contributed by atoms with E-state index >= 15 is 0 Å². The van der Waals surface area contributed by atoms with Crippen LogP contribution in [0.3, 0.4) is 0 Å². The third-order valence-corrected chi connectivity index (χ3v) is 2.14. The van der Waals surface area contributed by atoms with Crippen molar-refractivity contribution in [1.29, 1.82) is 0 Å². The standard InChI is InChI=1S/C8H19NO/c1-6(7(10)9-5)8(2,3)4/h6-7,9-10H,1-5H3/t6-,7-/m0/s1. The molecule has 10 heavy (non-hydrogen) atoms. The maximum atomic E-state index is 9.35. The molecule has 0 aliphatic rings. The molecule has 0 heterocycles. The minimum atomic E-state index is -0.389. The van der Waals surface area contributed by atoms with Gasteiger partial charge in [0.25, 0.3) is 0 Å². The maximum absolute atomic E-state index is 9.35. The Morgan fingerprint density at radius 1 is 1.30 bits per heavy atom. The van der Waals surface area contributed by atoms with E-state index in [0.717, 1.165) is 0 Å². The topological polar surface area (TPSA) is 32.3 Å². The van der Waals surface area contributed by atoms with E-state index in [1.54, 1.807) is 7.05 Å². The molecule has 0 bridgehead atoms. The second-order valence-corrected chi connectivity index (χ2v) is 3.89. The lowest BCUT2D eigenvalue weighted by molar-refractivity contribution is 0.0344. The van der Waals surface area contributed by atoms with Gasteiger partial charge in [-0.2, -0.15) is 0 Å². The third kappa shape index (κ3) is 2.67. The predicted molar refractivity (Wildman–Crippen MR) is 43.7 cm³/mol. The third-order valence-electron chi connectivity index (χ3n) is 2.14. The molecule has 0 aromatic rings. The van der Waals surface area contributed by atoms with Gasteiger partial charge in [0.2, 0.25) is 0 Å². The highest BCUT2D eigenvalue weighted by molar-refractivity contribution is 4.73. The summed E-state index contributed by atoms with van der Waals surface area (Å²) in [5.74, 6) is 0.275. The fourth-order valence-electron chi connectivity index (χ4n) is 0.724. The molecule has 0 amide bonds. The summed E-state index contributed by atoms with van der Waals surface area (Å²) in [6.07, 6.45) is -0.389. The van der Waals surface area contributed by atoms with Crippen molar-refractivity contribution in [3.05, 3.63) is 0 Å². The SMILES string of the molecule is CN[C@@H](O)[C@H](C)C(C)(C)C. The molecule has 2 heteroatoms. The Bertz CT molecular complexity index is 95.9. The zero-order chi connectivity index (χ0) is 8.36. The van der Waals surface area contributed by atoms with Crippen LogP contribution >= 0.6 is 0 Å². The molecule has 0 aliphatic heterocycles. The molecule has 62 valence electrons. The first-order valence-electron chi connectivity index (χ1n) is 3.75. The molecule has 2 N–H and O–H groups in total. The fourth-order valence-corrected chi connectivity index (χ4v) is 0.724. The van der Waals surface area contributed by atoms with Crippen LogP contribution in [-0.2, 0) is 0 Å². The van der Waals surface area contributed by atoms with Gasteiger partial charge < -0.3 is 5.11 Å². The van der Waals surface area contributed by atoms with E-state index in [1.165, 1.54) is 0 Å².